The number of rotatable bonds is 10. The Balaban J connectivity index is 1.86. The van der Waals surface area contributed by atoms with Crippen molar-refractivity contribution in [2.75, 3.05) is 24.7 Å². The lowest BCUT2D eigenvalue weighted by molar-refractivity contribution is -0.154. The molecule has 1 spiro atoms. The zero-order valence-electron chi connectivity index (χ0n) is 21.3. The van der Waals surface area contributed by atoms with Crippen molar-refractivity contribution < 1.29 is 24.2 Å². The van der Waals surface area contributed by atoms with Gasteiger partial charge in [-0.3, -0.25) is 14.4 Å². The van der Waals surface area contributed by atoms with E-state index < -0.39 is 34.6 Å². The number of thioether (sulfide) groups is 1. The predicted molar refractivity (Wildman–Crippen MR) is 150 cm³/mol. The summed E-state index contributed by atoms with van der Waals surface area (Å²) < 4.78 is 4.60. The predicted octanol–water partition coefficient (Wildman–Crippen LogP) is 4.29. The van der Waals surface area contributed by atoms with Crippen molar-refractivity contribution >= 4 is 62.8 Å². The van der Waals surface area contributed by atoms with Crippen LogP contribution in [-0.2, 0) is 19.1 Å². The molecular weight excluding hydrogens is 580 g/mol. The Hall–Kier alpha value is -1.55. The van der Waals surface area contributed by atoms with E-state index >= 15 is 0 Å². The highest BCUT2D eigenvalue weighted by molar-refractivity contribution is 9.09. The molecule has 3 saturated heterocycles. The summed E-state index contributed by atoms with van der Waals surface area (Å²) >= 11 is 11.4. The normalized spacial score (nSPS) is 31.7. The number of amides is 2. The third-order valence-electron chi connectivity index (χ3n) is 8.08. The number of carbonyl (C=O) groups excluding carboxylic acids is 3. The number of aliphatic hydroxyl groups excluding tert-OH is 1. The maximum atomic E-state index is 14.6. The summed E-state index contributed by atoms with van der Waals surface area (Å²) in [4.78, 5) is 45.2. The summed E-state index contributed by atoms with van der Waals surface area (Å²) in [6, 6.07) is 5.56. The van der Waals surface area contributed by atoms with Crippen molar-refractivity contribution in [3.63, 3.8) is 0 Å². The lowest BCUT2D eigenvalue weighted by atomic mass is 9.71. The van der Waals surface area contributed by atoms with E-state index in [1.165, 1.54) is 0 Å². The molecule has 3 aliphatic heterocycles. The third-order valence-corrected chi connectivity index (χ3v) is 11.6. The molecule has 10 heteroatoms. The van der Waals surface area contributed by atoms with Crippen LogP contribution in [0.3, 0.4) is 0 Å². The summed E-state index contributed by atoms with van der Waals surface area (Å²) in [7, 11) is 0. The number of fused-ring (bicyclic) bond motifs is 1. The van der Waals surface area contributed by atoms with Crippen molar-refractivity contribution in [2.24, 2.45) is 17.8 Å². The number of nitrogens with zero attached hydrogens (tertiary/aromatic N) is 2. The maximum Gasteiger partial charge on any atom is 0.310 e. The van der Waals surface area contributed by atoms with Crippen LogP contribution < -0.4 is 4.90 Å². The van der Waals surface area contributed by atoms with Gasteiger partial charge in [-0.25, -0.2) is 0 Å². The Morgan fingerprint density at radius 3 is 2.62 bits per heavy atom. The minimum atomic E-state index is -0.860. The molecule has 4 rings (SSSR count). The Morgan fingerprint density at radius 1 is 1.38 bits per heavy atom. The molecule has 2 bridgehead atoms. The summed E-state index contributed by atoms with van der Waals surface area (Å²) in [5.41, 5.74) is 0.639. The molecule has 8 atom stereocenters. The first-order valence-electron chi connectivity index (χ1n) is 12.8. The Labute approximate surface area is 236 Å². The molecule has 7 nitrogen and oxygen atoms in total. The molecule has 3 unspecified atom stereocenters. The fraction of sp³-hybridized carbons (Fsp3) is 0.593. The number of benzene rings is 1. The van der Waals surface area contributed by atoms with Gasteiger partial charge in [0, 0.05) is 27.3 Å². The highest BCUT2D eigenvalue weighted by Gasteiger charge is 2.76. The molecule has 3 aliphatic rings. The van der Waals surface area contributed by atoms with Gasteiger partial charge >= 0.3 is 5.97 Å². The van der Waals surface area contributed by atoms with E-state index in [9.17, 15) is 19.5 Å². The molecule has 0 saturated carbocycles. The molecule has 202 valence electrons. The van der Waals surface area contributed by atoms with Crippen LogP contribution >= 0.6 is 39.3 Å². The first kappa shape index (κ1) is 28.5. The van der Waals surface area contributed by atoms with Gasteiger partial charge < -0.3 is 19.6 Å². The minimum Gasteiger partial charge on any atom is -0.466 e. The molecule has 1 aromatic carbocycles. The fourth-order valence-electron chi connectivity index (χ4n) is 6.25. The van der Waals surface area contributed by atoms with Crippen molar-refractivity contribution in [2.45, 2.75) is 60.5 Å². The number of hydrogen-bond donors (Lipinski definition) is 1. The molecule has 1 N–H and O–H groups in total. The number of halogens is 2. The molecule has 0 aliphatic carbocycles. The van der Waals surface area contributed by atoms with Gasteiger partial charge in [0.2, 0.25) is 5.91 Å². The quantitative estimate of drug-likeness (QED) is 0.241. The van der Waals surface area contributed by atoms with Gasteiger partial charge in [-0.2, -0.15) is 0 Å². The lowest BCUT2D eigenvalue weighted by Crippen LogP contribution is -2.59. The lowest BCUT2D eigenvalue weighted by Gasteiger charge is -2.41. The highest BCUT2D eigenvalue weighted by Crippen LogP contribution is 2.68. The minimum absolute atomic E-state index is 0.0501. The second-order valence-corrected chi connectivity index (χ2v) is 13.2. The van der Waals surface area contributed by atoms with Crippen LogP contribution in [0, 0.1) is 17.8 Å². The molecule has 2 amide bonds. The van der Waals surface area contributed by atoms with Crippen molar-refractivity contribution in [3.05, 3.63) is 41.9 Å². The van der Waals surface area contributed by atoms with Crippen LogP contribution in [0.25, 0.3) is 0 Å². The number of likely N-dealkylation sites (tertiary alicyclic amines) is 1. The molecular formula is C27H34BrClN2O5S. The topological polar surface area (TPSA) is 87.2 Å². The van der Waals surface area contributed by atoms with Crippen molar-refractivity contribution in [1.82, 2.24) is 4.90 Å². The van der Waals surface area contributed by atoms with E-state index in [-0.39, 0.29) is 47.6 Å². The summed E-state index contributed by atoms with van der Waals surface area (Å²) in [6.07, 6.45) is 2.93. The second-order valence-electron chi connectivity index (χ2n) is 10.0. The zero-order valence-corrected chi connectivity index (χ0v) is 24.5. The van der Waals surface area contributed by atoms with Crippen LogP contribution in [0.5, 0.6) is 0 Å². The summed E-state index contributed by atoms with van der Waals surface area (Å²) in [5, 5.41) is 10.9. The number of esters is 1. The maximum absolute atomic E-state index is 14.6. The van der Waals surface area contributed by atoms with E-state index in [2.05, 4.69) is 22.5 Å². The van der Waals surface area contributed by atoms with E-state index in [0.717, 1.165) is 6.42 Å². The number of ether oxygens (including phenoxy) is 1. The summed E-state index contributed by atoms with van der Waals surface area (Å²) in [5.74, 6) is -2.31. The average Bonchev–Trinajstić information content (AvgIpc) is 3.47. The monoisotopic (exact) mass is 612 g/mol. The van der Waals surface area contributed by atoms with Crippen molar-refractivity contribution in [1.29, 1.82) is 0 Å². The van der Waals surface area contributed by atoms with Crippen molar-refractivity contribution in [3.8, 4) is 0 Å². The van der Waals surface area contributed by atoms with Crippen LogP contribution in [0.1, 0.15) is 33.6 Å². The fourth-order valence-corrected chi connectivity index (χ4v) is 9.95. The smallest absolute Gasteiger partial charge is 0.310 e. The largest absolute Gasteiger partial charge is 0.466 e. The molecule has 0 radical (unpaired) electrons. The first-order valence-corrected chi connectivity index (χ1v) is 14.9. The molecule has 0 aromatic heterocycles. The van der Waals surface area contributed by atoms with Gasteiger partial charge in [-0.05, 0) is 43.5 Å². The van der Waals surface area contributed by atoms with Crippen LogP contribution in [0.4, 0.5) is 5.69 Å². The standard InChI is InChI=1S/C27H34BrClN2O5S/c1-5-12-30(17-10-8-16(29)9-11-17)25(34)23-27-13-18(28)22(37-27)20(26(35)36-7-3)21(27)24(33)31(23)19(14-32)15(4)6-2/h5,8-11,15,18-23,32H,1,6-7,12-14H2,2-4H3/t15-,18?,19-,20-,21-,22-,23?,27?/m0/s1. The number of aliphatic hydroxyl groups is 1. The summed E-state index contributed by atoms with van der Waals surface area (Å²) in [6.45, 7) is 9.75. The molecule has 37 heavy (non-hydrogen) atoms. The average molecular weight is 614 g/mol. The van der Waals surface area contributed by atoms with Crippen LogP contribution in [-0.4, -0.2) is 74.5 Å². The van der Waals surface area contributed by atoms with E-state index in [1.54, 1.807) is 58.8 Å². The molecule has 3 heterocycles. The number of hydrogen-bond acceptors (Lipinski definition) is 6. The van der Waals surface area contributed by atoms with Crippen LogP contribution in [0.15, 0.2) is 36.9 Å². The number of alkyl halides is 1. The number of anilines is 1. The highest BCUT2D eigenvalue weighted by atomic mass is 79.9. The van der Waals surface area contributed by atoms with Crippen LogP contribution in [0.2, 0.25) is 5.02 Å². The van der Waals surface area contributed by atoms with Gasteiger partial charge in [-0.1, -0.05) is 53.9 Å². The number of carbonyl (C=O) groups is 3. The van der Waals surface area contributed by atoms with Gasteiger partial charge in [0.25, 0.3) is 5.91 Å². The Kier molecular flexibility index (Phi) is 8.68. The van der Waals surface area contributed by atoms with Gasteiger partial charge in [0.15, 0.2) is 0 Å². The van der Waals surface area contributed by atoms with E-state index in [1.807, 2.05) is 13.8 Å². The Morgan fingerprint density at radius 2 is 2.05 bits per heavy atom. The van der Waals surface area contributed by atoms with Gasteiger partial charge in [0.1, 0.15) is 6.04 Å². The zero-order chi connectivity index (χ0) is 27.1. The van der Waals surface area contributed by atoms with E-state index in [0.29, 0.717) is 17.1 Å². The third kappa shape index (κ3) is 4.64. The SMILES string of the molecule is C=CCN(C(=O)C1N([C@@H](CO)[C@@H](C)CC)C(=O)[C@@H]2[C@H](C(=O)OCC)[C@H]3SC12CC3Br)c1ccc(Cl)cc1. The molecule has 3 fully saturated rings. The van der Waals surface area contributed by atoms with E-state index in [4.69, 9.17) is 16.3 Å². The Bertz CT molecular complexity index is 1060. The second kappa shape index (κ2) is 11.3. The van der Waals surface area contributed by atoms with Gasteiger partial charge in [0.05, 0.1) is 35.8 Å². The van der Waals surface area contributed by atoms with Gasteiger partial charge in [-0.15, -0.1) is 18.3 Å². The first-order chi connectivity index (χ1) is 17.7. The molecule has 1 aromatic rings.